The van der Waals surface area contributed by atoms with Gasteiger partial charge in [-0.3, -0.25) is 4.79 Å². The average Bonchev–Trinajstić information content (AvgIpc) is 3.13. The van der Waals surface area contributed by atoms with E-state index >= 15 is 0 Å². The molecule has 25 heavy (non-hydrogen) atoms. The first-order valence-electron chi connectivity index (χ1n) is 8.45. The van der Waals surface area contributed by atoms with Crippen LogP contribution >= 0.6 is 0 Å². The molecule has 1 atom stereocenters. The fourth-order valence-corrected chi connectivity index (χ4v) is 2.83. The second-order valence-corrected chi connectivity index (χ2v) is 6.33. The number of hydrogen-bond acceptors (Lipinski definition) is 3. The van der Waals surface area contributed by atoms with Gasteiger partial charge in [0.1, 0.15) is 14.5 Å². The van der Waals surface area contributed by atoms with Crippen molar-refractivity contribution in [3.05, 3.63) is 60.2 Å². The second kappa shape index (κ2) is 7.88. The lowest BCUT2D eigenvalue weighted by Crippen LogP contribution is -2.31. The summed E-state index contributed by atoms with van der Waals surface area (Å²) in [5.74, 6) is -0.257. The molecule has 0 saturated carbocycles. The normalized spacial score (nSPS) is 16.5. The minimum absolute atomic E-state index is 0.0535. The first-order valence-corrected chi connectivity index (χ1v) is 8.45. The Hall–Kier alpha value is -2.76. The Bertz CT molecular complexity index is 734. The highest BCUT2D eigenvalue weighted by Gasteiger charge is 2.31. The van der Waals surface area contributed by atoms with Gasteiger partial charge in [-0.15, -0.1) is 0 Å². The van der Waals surface area contributed by atoms with Gasteiger partial charge in [0, 0.05) is 18.8 Å². The van der Waals surface area contributed by atoms with E-state index in [4.69, 9.17) is 4.74 Å². The number of carbonyl (C=O) groups is 2. The predicted molar refractivity (Wildman–Crippen MR) is 99.6 cm³/mol. The molecule has 1 unspecified atom stereocenters. The topological polar surface area (TPSA) is 58.6 Å². The Morgan fingerprint density at radius 1 is 1.12 bits per heavy atom. The summed E-state index contributed by atoms with van der Waals surface area (Å²) in [6, 6.07) is 17.2. The number of ether oxygens (including phenoxy) is 1. The summed E-state index contributed by atoms with van der Waals surface area (Å²) >= 11 is 0. The van der Waals surface area contributed by atoms with Crippen molar-refractivity contribution in [2.24, 2.45) is 5.92 Å². The van der Waals surface area contributed by atoms with Crippen LogP contribution in [0.3, 0.4) is 0 Å². The van der Waals surface area contributed by atoms with Crippen molar-refractivity contribution < 1.29 is 14.3 Å². The van der Waals surface area contributed by atoms with Gasteiger partial charge in [0.05, 0.1) is 5.92 Å². The molecule has 0 radical (unpaired) electrons. The SMILES string of the molecule is Bc1ccc(NC(=O)C2CCN(C(=O)OCc3ccccc3)C2)cc1. The van der Waals surface area contributed by atoms with Gasteiger partial charge in [-0.25, -0.2) is 4.79 Å². The van der Waals surface area contributed by atoms with E-state index in [0.29, 0.717) is 19.5 Å². The molecular formula is C19H21BN2O3. The number of hydrogen-bond donors (Lipinski definition) is 1. The van der Waals surface area contributed by atoms with Crippen molar-refractivity contribution in [2.45, 2.75) is 13.0 Å². The summed E-state index contributed by atoms with van der Waals surface area (Å²) in [5, 5.41) is 2.91. The number of benzene rings is 2. The van der Waals surface area contributed by atoms with Crippen molar-refractivity contribution in [1.29, 1.82) is 0 Å². The van der Waals surface area contributed by atoms with Crippen molar-refractivity contribution in [3.8, 4) is 0 Å². The molecule has 1 saturated heterocycles. The Balaban J connectivity index is 1.48. The number of nitrogens with zero attached hydrogens (tertiary/aromatic N) is 1. The molecule has 0 aromatic heterocycles. The summed E-state index contributed by atoms with van der Waals surface area (Å²) in [5.41, 5.74) is 2.87. The highest BCUT2D eigenvalue weighted by molar-refractivity contribution is 6.32. The molecule has 1 heterocycles. The third-order valence-electron chi connectivity index (χ3n) is 4.34. The molecule has 0 aliphatic carbocycles. The Morgan fingerprint density at radius 2 is 1.84 bits per heavy atom. The van der Waals surface area contributed by atoms with Gasteiger partial charge in [0.2, 0.25) is 5.91 Å². The van der Waals surface area contributed by atoms with Crippen LogP contribution in [0.5, 0.6) is 0 Å². The monoisotopic (exact) mass is 336 g/mol. The van der Waals surface area contributed by atoms with Crippen LogP contribution < -0.4 is 10.8 Å². The Kier molecular flexibility index (Phi) is 5.38. The van der Waals surface area contributed by atoms with Gasteiger partial charge in [-0.2, -0.15) is 0 Å². The van der Waals surface area contributed by atoms with Crippen LogP contribution in [0.4, 0.5) is 10.5 Å². The Morgan fingerprint density at radius 3 is 2.56 bits per heavy atom. The molecule has 3 rings (SSSR count). The first kappa shape index (κ1) is 17.1. The van der Waals surface area contributed by atoms with E-state index in [-0.39, 0.29) is 24.5 Å². The van der Waals surface area contributed by atoms with E-state index in [2.05, 4.69) is 5.32 Å². The van der Waals surface area contributed by atoms with E-state index in [9.17, 15) is 9.59 Å². The number of amides is 2. The lowest BCUT2D eigenvalue weighted by molar-refractivity contribution is -0.119. The number of carbonyl (C=O) groups excluding carboxylic acids is 2. The van der Waals surface area contributed by atoms with Gasteiger partial charge in [0.25, 0.3) is 0 Å². The molecule has 2 aromatic rings. The molecule has 2 amide bonds. The lowest BCUT2D eigenvalue weighted by Gasteiger charge is -2.16. The van der Waals surface area contributed by atoms with Crippen LogP contribution in [0.15, 0.2) is 54.6 Å². The van der Waals surface area contributed by atoms with Crippen LogP contribution in [-0.4, -0.2) is 37.8 Å². The van der Waals surface area contributed by atoms with E-state index in [1.807, 2.05) is 62.4 Å². The van der Waals surface area contributed by atoms with Gasteiger partial charge < -0.3 is 15.0 Å². The van der Waals surface area contributed by atoms with Gasteiger partial charge in [-0.05, 0) is 24.1 Å². The van der Waals surface area contributed by atoms with Crippen LogP contribution in [0.2, 0.25) is 0 Å². The number of anilines is 1. The molecule has 128 valence electrons. The Labute approximate surface area is 148 Å². The third-order valence-corrected chi connectivity index (χ3v) is 4.34. The third kappa shape index (κ3) is 4.63. The number of likely N-dealkylation sites (tertiary alicyclic amines) is 1. The highest BCUT2D eigenvalue weighted by Crippen LogP contribution is 2.19. The smallest absolute Gasteiger partial charge is 0.410 e. The lowest BCUT2D eigenvalue weighted by atomic mass is 9.96. The van der Waals surface area contributed by atoms with E-state index < -0.39 is 0 Å². The van der Waals surface area contributed by atoms with E-state index in [0.717, 1.165) is 16.7 Å². The number of nitrogens with one attached hydrogen (secondary N) is 1. The molecular weight excluding hydrogens is 315 g/mol. The van der Waals surface area contributed by atoms with Crippen molar-refractivity contribution >= 4 is 31.0 Å². The van der Waals surface area contributed by atoms with Crippen LogP contribution in [0, 0.1) is 5.92 Å². The molecule has 1 aliphatic rings. The first-order chi connectivity index (χ1) is 12.1. The number of rotatable bonds is 4. The highest BCUT2D eigenvalue weighted by atomic mass is 16.6. The van der Waals surface area contributed by atoms with Crippen molar-refractivity contribution in [1.82, 2.24) is 4.90 Å². The molecule has 1 fully saturated rings. The maximum absolute atomic E-state index is 12.4. The average molecular weight is 336 g/mol. The van der Waals surface area contributed by atoms with Crippen molar-refractivity contribution in [3.63, 3.8) is 0 Å². The van der Waals surface area contributed by atoms with Gasteiger partial charge in [-0.1, -0.05) is 47.9 Å². The zero-order valence-electron chi connectivity index (χ0n) is 14.3. The van der Waals surface area contributed by atoms with Crippen molar-refractivity contribution in [2.75, 3.05) is 18.4 Å². The maximum Gasteiger partial charge on any atom is 0.410 e. The zero-order chi connectivity index (χ0) is 17.6. The maximum atomic E-state index is 12.4. The largest absolute Gasteiger partial charge is 0.445 e. The molecule has 6 heteroatoms. The van der Waals surface area contributed by atoms with E-state index in [1.54, 1.807) is 4.90 Å². The molecule has 5 nitrogen and oxygen atoms in total. The summed E-state index contributed by atoms with van der Waals surface area (Å²) in [7, 11) is 2.00. The molecule has 2 aromatic carbocycles. The molecule has 1 aliphatic heterocycles. The summed E-state index contributed by atoms with van der Waals surface area (Å²) in [6.45, 7) is 1.18. The summed E-state index contributed by atoms with van der Waals surface area (Å²) in [6.07, 6.45) is 0.285. The fraction of sp³-hybridized carbons (Fsp3) is 0.263. The second-order valence-electron chi connectivity index (χ2n) is 6.33. The van der Waals surface area contributed by atoms with Crippen LogP contribution in [-0.2, 0) is 16.1 Å². The van der Waals surface area contributed by atoms with Crippen LogP contribution in [0.1, 0.15) is 12.0 Å². The fourth-order valence-electron chi connectivity index (χ4n) is 2.83. The summed E-state index contributed by atoms with van der Waals surface area (Å²) in [4.78, 5) is 26.1. The minimum Gasteiger partial charge on any atom is -0.445 e. The molecule has 0 bridgehead atoms. The zero-order valence-corrected chi connectivity index (χ0v) is 14.3. The quantitative estimate of drug-likeness (QED) is 0.862. The molecule has 1 N–H and O–H groups in total. The molecule has 0 spiro atoms. The van der Waals surface area contributed by atoms with Gasteiger partial charge >= 0.3 is 6.09 Å². The van der Waals surface area contributed by atoms with Crippen LogP contribution in [0.25, 0.3) is 0 Å². The predicted octanol–water partition coefficient (Wildman–Crippen LogP) is 1.54. The minimum atomic E-state index is -0.366. The summed E-state index contributed by atoms with van der Waals surface area (Å²) < 4.78 is 5.33. The standard InChI is InChI=1S/C19H21BN2O3/c20-16-6-8-17(9-7-16)21-18(23)15-10-11-22(12-15)19(24)25-13-14-4-2-1-3-5-14/h1-9,15H,10-13,20H2,(H,21,23). The van der Waals surface area contributed by atoms with Gasteiger partial charge in [0.15, 0.2) is 0 Å². The van der Waals surface area contributed by atoms with E-state index in [1.165, 1.54) is 0 Å².